The quantitative estimate of drug-likeness (QED) is 0.602. The van der Waals surface area contributed by atoms with Gasteiger partial charge in [0.1, 0.15) is 0 Å². The van der Waals surface area contributed by atoms with Crippen LogP contribution >= 0.6 is 9.24 Å². The molecule has 0 amide bonds. The third-order valence-corrected chi connectivity index (χ3v) is 1.78. The molecule has 1 atom stereocenters. The molecular weight excluding hydrogens is 151 g/mol. The van der Waals surface area contributed by atoms with Gasteiger partial charge in [0.25, 0.3) is 0 Å². The summed E-state index contributed by atoms with van der Waals surface area (Å²) in [4.78, 5) is 0. The van der Waals surface area contributed by atoms with Gasteiger partial charge in [0.2, 0.25) is 0 Å². The fraction of sp³-hybridized carbons (Fsp3) is 0.200. The largest absolute Gasteiger partial charge is 0.137 e. The van der Waals surface area contributed by atoms with E-state index in [9.17, 15) is 0 Å². The standard InChI is InChI=1S/C10H13P/c11-9-5-4-8-10-6-2-1-3-7-10/h1-4,6-8H,5,9,11H2/b8-4+. The van der Waals surface area contributed by atoms with Crippen LogP contribution in [0.15, 0.2) is 36.4 Å². The Morgan fingerprint density at radius 2 is 1.91 bits per heavy atom. The van der Waals surface area contributed by atoms with Gasteiger partial charge in [0.15, 0.2) is 0 Å². The fourth-order valence-electron chi connectivity index (χ4n) is 0.880. The van der Waals surface area contributed by atoms with Crippen LogP contribution in [0.4, 0.5) is 0 Å². The van der Waals surface area contributed by atoms with Gasteiger partial charge in [-0.2, -0.15) is 0 Å². The summed E-state index contributed by atoms with van der Waals surface area (Å²) in [6, 6.07) is 10.4. The van der Waals surface area contributed by atoms with E-state index in [0.717, 1.165) is 12.6 Å². The highest BCUT2D eigenvalue weighted by Crippen LogP contribution is 2.02. The van der Waals surface area contributed by atoms with Crippen LogP contribution in [0.1, 0.15) is 12.0 Å². The van der Waals surface area contributed by atoms with Gasteiger partial charge in [-0.05, 0) is 18.1 Å². The van der Waals surface area contributed by atoms with Crippen LogP contribution in [0.2, 0.25) is 0 Å². The zero-order valence-corrected chi connectivity index (χ0v) is 7.69. The van der Waals surface area contributed by atoms with Crippen molar-refractivity contribution in [3.8, 4) is 0 Å². The van der Waals surface area contributed by atoms with Gasteiger partial charge in [-0.3, -0.25) is 0 Å². The molecule has 1 unspecified atom stereocenters. The predicted octanol–water partition coefficient (Wildman–Crippen LogP) is 2.97. The van der Waals surface area contributed by atoms with Crippen molar-refractivity contribution in [1.82, 2.24) is 0 Å². The second-order valence-electron chi connectivity index (χ2n) is 2.39. The van der Waals surface area contributed by atoms with Crippen LogP contribution in [0, 0.1) is 0 Å². The van der Waals surface area contributed by atoms with Gasteiger partial charge >= 0.3 is 0 Å². The normalized spacial score (nSPS) is 10.6. The van der Waals surface area contributed by atoms with Crippen molar-refractivity contribution >= 4 is 15.3 Å². The second-order valence-corrected chi connectivity index (χ2v) is 2.97. The van der Waals surface area contributed by atoms with Crippen LogP contribution in [-0.2, 0) is 0 Å². The fourth-order valence-corrected chi connectivity index (χ4v) is 1.07. The first-order valence-electron chi connectivity index (χ1n) is 3.85. The number of allylic oxidation sites excluding steroid dienone is 1. The van der Waals surface area contributed by atoms with Crippen LogP contribution in [0.5, 0.6) is 0 Å². The topological polar surface area (TPSA) is 0 Å². The molecule has 1 aromatic carbocycles. The monoisotopic (exact) mass is 164 g/mol. The van der Waals surface area contributed by atoms with E-state index in [-0.39, 0.29) is 0 Å². The summed E-state index contributed by atoms with van der Waals surface area (Å²) in [7, 11) is 2.72. The number of hydrogen-bond acceptors (Lipinski definition) is 0. The lowest BCUT2D eigenvalue weighted by Gasteiger charge is -1.89. The molecule has 0 N–H and O–H groups in total. The first-order valence-corrected chi connectivity index (χ1v) is 4.67. The summed E-state index contributed by atoms with van der Waals surface area (Å²) in [5.74, 6) is 0. The highest BCUT2D eigenvalue weighted by molar-refractivity contribution is 7.16. The first-order chi connectivity index (χ1) is 5.43. The molecule has 0 saturated carbocycles. The van der Waals surface area contributed by atoms with Crippen LogP contribution in [0.25, 0.3) is 6.08 Å². The highest BCUT2D eigenvalue weighted by atomic mass is 31.0. The third kappa shape index (κ3) is 3.34. The molecule has 0 saturated heterocycles. The van der Waals surface area contributed by atoms with Crippen LogP contribution in [0.3, 0.4) is 0 Å². The van der Waals surface area contributed by atoms with Crippen molar-refractivity contribution in [2.24, 2.45) is 0 Å². The van der Waals surface area contributed by atoms with Crippen molar-refractivity contribution in [3.05, 3.63) is 42.0 Å². The van der Waals surface area contributed by atoms with Gasteiger partial charge in [-0.15, -0.1) is 9.24 Å². The van der Waals surface area contributed by atoms with E-state index in [4.69, 9.17) is 0 Å². The molecule has 0 spiro atoms. The second kappa shape index (κ2) is 5.09. The highest BCUT2D eigenvalue weighted by Gasteiger charge is 1.80. The van der Waals surface area contributed by atoms with Crippen molar-refractivity contribution in [3.63, 3.8) is 0 Å². The summed E-state index contributed by atoms with van der Waals surface area (Å²) in [5.41, 5.74) is 1.28. The lowest BCUT2D eigenvalue weighted by atomic mass is 10.2. The summed E-state index contributed by atoms with van der Waals surface area (Å²) >= 11 is 0. The Morgan fingerprint density at radius 1 is 1.18 bits per heavy atom. The minimum absolute atomic E-state index is 1.14. The molecule has 0 radical (unpaired) electrons. The third-order valence-electron chi connectivity index (χ3n) is 1.44. The Bertz CT molecular complexity index is 214. The van der Waals surface area contributed by atoms with Crippen molar-refractivity contribution in [2.75, 3.05) is 6.16 Å². The molecule has 0 heterocycles. The molecule has 11 heavy (non-hydrogen) atoms. The molecule has 1 aromatic rings. The molecule has 0 aromatic heterocycles. The van der Waals surface area contributed by atoms with E-state index in [1.165, 1.54) is 5.56 Å². The number of rotatable bonds is 3. The molecule has 58 valence electrons. The van der Waals surface area contributed by atoms with Gasteiger partial charge in [-0.25, -0.2) is 0 Å². The summed E-state index contributed by atoms with van der Waals surface area (Å²) in [5, 5.41) is 0. The summed E-state index contributed by atoms with van der Waals surface area (Å²) in [6.45, 7) is 0. The summed E-state index contributed by atoms with van der Waals surface area (Å²) < 4.78 is 0. The Labute approximate surface area is 70.5 Å². The van der Waals surface area contributed by atoms with Gasteiger partial charge in [-0.1, -0.05) is 42.5 Å². The predicted molar refractivity (Wildman–Crippen MR) is 54.7 cm³/mol. The Hall–Kier alpha value is -0.610. The Balaban J connectivity index is 2.50. The molecule has 0 fully saturated rings. The molecule has 0 bridgehead atoms. The average molecular weight is 164 g/mol. The van der Waals surface area contributed by atoms with Crippen molar-refractivity contribution in [2.45, 2.75) is 6.42 Å². The average Bonchev–Trinajstić information content (AvgIpc) is 2.07. The maximum Gasteiger partial charge on any atom is -0.0260 e. The van der Waals surface area contributed by atoms with E-state index in [1.807, 2.05) is 6.07 Å². The van der Waals surface area contributed by atoms with E-state index < -0.39 is 0 Å². The van der Waals surface area contributed by atoms with Crippen molar-refractivity contribution < 1.29 is 0 Å². The lowest BCUT2D eigenvalue weighted by molar-refractivity contribution is 1.26. The minimum Gasteiger partial charge on any atom is -0.137 e. The maximum absolute atomic E-state index is 2.72. The van der Waals surface area contributed by atoms with Gasteiger partial charge in [0, 0.05) is 0 Å². The zero-order chi connectivity index (χ0) is 7.94. The van der Waals surface area contributed by atoms with E-state index in [2.05, 4.69) is 45.7 Å². The van der Waals surface area contributed by atoms with E-state index in [0.29, 0.717) is 0 Å². The molecule has 0 aliphatic carbocycles. The molecule has 1 rings (SSSR count). The number of benzene rings is 1. The molecule has 0 aliphatic rings. The van der Waals surface area contributed by atoms with E-state index in [1.54, 1.807) is 0 Å². The smallest absolute Gasteiger partial charge is 0.0260 e. The molecular formula is C10H13P. The van der Waals surface area contributed by atoms with Crippen LogP contribution < -0.4 is 0 Å². The Morgan fingerprint density at radius 3 is 2.55 bits per heavy atom. The van der Waals surface area contributed by atoms with E-state index >= 15 is 0 Å². The SMILES string of the molecule is PCC/C=C/c1ccccc1. The van der Waals surface area contributed by atoms with Gasteiger partial charge < -0.3 is 0 Å². The first kappa shape index (κ1) is 8.49. The zero-order valence-electron chi connectivity index (χ0n) is 6.53. The maximum atomic E-state index is 2.72. The van der Waals surface area contributed by atoms with Gasteiger partial charge in [0.05, 0.1) is 0 Å². The molecule has 1 heteroatoms. The van der Waals surface area contributed by atoms with Crippen LogP contribution in [-0.4, -0.2) is 6.16 Å². The summed E-state index contributed by atoms with van der Waals surface area (Å²) in [6.07, 6.45) is 6.63. The Kier molecular flexibility index (Phi) is 3.93. The lowest BCUT2D eigenvalue weighted by Crippen LogP contribution is -1.69. The molecule has 0 aliphatic heterocycles. The number of hydrogen-bond donors (Lipinski definition) is 0. The van der Waals surface area contributed by atoms with Crippen molar-refractivity contribution in [1.29, 1.82) is 0 Å². The minimum atomic E-state index is 1.14. The molecule has 0 nitrogen and oxygen atoms in total.